The highest BCUT2D eigenvalue weighted by Crippen LogP contribution is 2.46. The molecule has 0 aromatic heterocycles. The van der Waals surface area contributed by atoms with Crippen molar-refractivity contribution in [3.05, 3.63) is 0 Å². The van der Waals surface area contributed by atoms with Gasteiger partial charge in [-0.2, -0.15) is 0 Å². The summed E-state index contributed by atoms with van der Waals surface area (Å²) in [6.07, 6.45) is 11.1. The van der Waals surface area contributed by atoms with E-state index in [0.717, 1.165) is 19.3 Å². The van der Waals surface area contributed by atoms with E-state index in [1.807, 2.05) is 0 Å². The van der Waals surface area contributed by atoms with Crippen molar-refractivity contribution in [1.29, 1.82) is 0 Å². The minimum absolute atomic E-state index is 0.0243. The molecule has 0 aliphatic carbocycles. The lowest BCUT2D eigenvalue weighted by molar-refractivity contribution is -0.426. The van der Waals surface area contributed by atoms with Gasteiger partial charge in [0, 0.05) is 0 Å². The Bertz CT molecular complexity index is 372. The molecule has 0 aromatic rings. The van der Waals surface area contributed by atoms with E-state index in [9.17, 15) is 9.13 Å². The average Bonchev–Trinajstić information content (AvgIpc) is 2.43. The average molecular weight is 378 g/mol. The second kappa shape index (κ2) is 13.5. The van der Waals surface area contributed by atoms with Crippen molar-refractivity contribution < 1.29 is 42.7 Å². The lowest BCUT2D eigenvalue weighted by Crippen LogP contribution is -1.99. The topological polar surface area (TPSA) is 132 Å². The van der Waals surface area contributed by atoms with E-state index in [4.69, 9.17) is 14.7 Å². The maximum absolute atomic E-state index is 11.2. The predicted molar refractivity (Wildman–Crippen MR) is 82.9 cm³/mol. The molecule has 0 amide bonds. The summed E-state index contributed by atoms with van der Waals surface area (Å²) in [7, 11) is -9.49. The predicted octanol–water partition coefficient (Wildman–Crippen LogP) is 4.00. The molecule has 23 heavy (non-hydrogen) atoms. The van der Waals surface area contributed by atoms with Gasteiger partial charge in [-0.3, -0.25) is 4.52 Å². The molecule has 0 spiro atoms. The van der Waals surface area contributed by atoms with E-state index in [1.54, 1.807) is 0 Å². The van der Waals surface area contributed by atoms with Crippen LogP contribution in [0.1, 0.15) is 71.1 Å². The van der Waals surface area contributed by atoms with Gasteiger partial charge in [0.2, 0.25) is 0 Å². The van der Waals surface area contributed by atoms with E-state index < -0.39 is 15.6 Å². The second-order valence-corrected chi connectivity index (χ2v) is 7.67. The summed E-state index contributed by atoms with van der Waals surface area (Å²) in [5, 5.41) is 3.51. The molecule has 140 valence electrons. The molecule has 11 heteroatoms. The minimum atomic E-state index is -4.94. The molecule has 0 rings (SSSR count). The third-order valence-corrected chi connectivity index (χ3v) is 4.02. The van der Waals surface area contributed by atoms with Gasteiger partial charge in [0.25, 0.3) is 0 Å². The van der Waals surface area contributed by atoms with Gasteiger partial charge in [0.15, 0.2) is 0 Å². The number of phosphoric acid groups is 2. The Morgan fingerprint density at radius 2 is 1.22 bits per heavy atom. The summed E-state index contributed by atoms with van der Waals surface area (Å²) in [5.41, 5.74) is 0. The standard InChI is InChI=1S/C12H28O9P2/c1-2-3-4-5-6-7-8-9-10-11-12-18-23(16,17)21-19-20-22(13,14)15/h2-12H2,1H3,(H,16,17)(H2,13,14,15). The van der Waals surface area contributed by atoms with Crippen LogP contribution in [0.5, 0.6) is 0 Å². The van der Waals surface area contributed by atoms with Crippen LogP contribution in [0.3, 0.4) is 0 Å². The number of unbranched alkanes of at least 4 members (excludes halogenated alkanes) is 9. The molecule has 0 saturated heterocycles. The van der Waals surface area contributed by atoms with Crippen molar-refractivity contribution in [2.45, 2.75) is 71.1 Å². The molecule has 0 aromatic carbocycles. The van der Waals surface area contributed by atoms with Crippen LogP contribution in [-0.4, -0.2) is 21.3 Å². The Morgan fingerprint density at radius 3 is 1.70 bits per heavy atom. The minimum Gasteiger partial charge on any atom is -0.301 e. The third-order valence-electron chi connectivity index (χ3n) is 3.00. The van der Waals surface area contributed by atoms with Gasteiger partial charge in [-0.15, -0.1) is 0 Å². The van der Waals surface area contributed by atoms with Crippen molar-refractivity contribution in [2.75, 3.05) is 6.61 Å². The van der Waals surface area contributed by atoms with Gasteiger partial charge in [0.05, 0.1) is 6.61 Å². The summed E-state index contributed by atoms with van der Waals surface area (Å²) in [5.74, 6) is 0. The normalized spacial score (nSPS) is 14.8. The lowest BCUT2D eigenvalue weighted by Gasteiger charge is -2.10. The zero-order valence-electron chi connectivity index (χ0n) is 13.5. The molecule has 0 bridgehead atoms. The number of hydrogen-bond acceptors (Lipinski definition) is 6. The van der Waals surface area contributed by atoms with Gasteiger partial charge < -0.3 is 14.7 Å². The highest BCUT2D eigenvalue weighted by Gasteiger charge is 2.26. The maximum Gasteiger partial charge on any atom is 0.501 e. The fraction of sp³-hybridized carbons (Fsp3) is 1.00. The maximum atomic E-state index is 11.2. The molecule has 0 heterocycles. The van der Waals surface area contributed by atoms with Gasteiger partial charge in [0.1, 0.15) is 0 Å². The molecule has 1 atom stereocenters. The first kappa shape index (κ1) is 23.2. The van der Waals surface area contributed by atoms with Crippen molar-refractivity contribution in [2.24, 2.45) is 0 Å². The van der Waals surface area contributed by atoms with Gasteiger partial charge in [-0.05, 0) is 11.5 Å². The summed E-state index contributed by atoms with van der Waals surface area (Å²) < 4.78 is 33.2. The van der Waals surface area contributed by atoms with Crippen LogP contribution in [0.25, 0.3) is 0 Å². The Kier molecular flexibility index (Phi) is 13.6. The molecule has 9 nitrogen and oxygen atoms in total. The third kappa shape index (κ3) is 18.4. The van der Waals surface area contributed by atoms with Crippen LogP contribution in [0.4, 0.5) is 0 Å². The Labute approximate surface area is 137 Å². The van der Waals surface area contributed by atoms with E-state index in [2.05, 4.69) is 25.8 Å². The van der Waals surface area contributed by atoms with Crippen molar-refractivity contribution in [1.82, 2.24) is 0 Å². The van der Waals surface area contributed by atoms with Gasteiger partial charge in [-0.1, -0.05) is 74.1 Å². The van der Waals surface area contributed by atoms with Crippen LogP contribution in [-0.2, 0) is 28.0 Å². The fourth-order valence-electron chi connectivity index (χ4n) is 1.88. The van der Waals surface area contributed by atoms with Crippen molar-refractivity contribution >= 4 is 15.6 Å². The van der Waals surface area contributed by atoms with E-state index in [1.165, 1.54) is 38.5 Å². The number of hydrogen-bond donors (Lipinski definition) is 3. The molecular formula is C12H28O9P2. The second-order valence-electron chi connectivity index (χ2n) is 5.19. The monoisotopic (exact) mass is 378 g/mol. The number of phosphoric ester groups is 1. The first-order valence-electron chi connectivity index (χ1n) is 7.84. The molecule has 0 radical (unpaired) electrons. The Balaban J connectivity index is 3.42. The molecular weight excluding hydrogens is 350 g/mol. The summed E-state index contributed by atoms with van der Waals surface area (Å²) in [4.78, 5) is 25.6. The van der Waals surface area contributed by atoms with E-state index in [0.29, 0.717) is 6.42 Å². The summed E-state index contributed by atoms with van der Waals surface area (Å²) >= 11 is 0. The number of rotatable bonds is 16. The first-order valence-corrected chi connectivity index (χ1v) is 10.9. The van der Waals surface area contributed by atoms with E-state index in [-0.39, 0.29) is 6.61 Å². The van der Waals surface area contributed by atoms with Crippen LogP contribution < -0.4 is 0 Å². The highest BCUT2D eigenvalue weighted by molar-refractivity contribution is 7.47. The van der Waals surface area contributed by atoms with Crippen LogP contribution in [0, 0.1) is 0 Å². The Morgan fingerprint density at radius 1 is 0.739 bits per heavy atom. The lowest BCUT2D eigenvalue weighted by atomic mass is 10.1. The van der Waals surface area contributed by atoms with Crippen LogP contribution >= 0.6 is 15.6 Å². The zero-order chi connectivity index (χ0) is 17.6. The van der Waals surface area contributed by atoms with Crippen LogP contribution in [0.2, 0.25) is 0 Å². The van der Waals surface area contributed by atoms with Crippen LogP contribution in [0.15, 0.2) is 0 Å². The molecule has 0 aliphatic heterocycles. The van der Waals surface area contributed by atoms with Crippen molar-refractivity contribution in [3.63, 3.8) is 0 Å². The van der Waals surface area contributed by atoms with Crippen molar-refractivity contribution in [3.8, 4) is 0 Å². The van der Waals surface area contributed by atoms with E-state index >= 15 is 0 Å². The summed E-state index contributed by atoms with van der Waals surface area (Å²) in [6.45, 7) is 2.17. The quantitative estimate of drug-likeness (QED) is 0.158. The largest absolute Gasteiger partial charge is 0.501 e. The molecule has 3 N–H and O–H groups in total. The van der Waals surface area contributed by atoms with Gasteiger partial charge in [-0.25, -0.2) is 9.13 Å². The van der Waals surface area contributed by atoms with Gasteiger partial charge >= 0.3 is 15.6 Å². The molecule has 0 aliphatic rings. The first-order chi connectivity index (χ1) is 10.8. The zero-order valence-corrected chi connectivity index (χ0v) is 15.3. The Hall–Kier alpha value is 0.180. The molecule has 0 saturated carbocycles. The summed E-state index contributed by atoms with van der Waals surface area (Å²) in [6, 6.07) is 0. The molecule has 1 unspecified atom stereocenters. The SMILES string of the molecule is CCCCCCCCCCCCOP(=O)(O)OOOP(=O)(O)O. The fourth-order valence-corrected chi connectivity index (χ4v) is 2.55. The molecule has 0 fully saturated rings. The smallest absolute Gasteiger partial charge is 0.301 e. The highest BCUT2D eigenvalue weighted by atomic mass is 31.2.